The molecule has 8 heteroatoms. The lowest BCUT2D eigenvalue weighted by molar-refractivity contribution is -0.138. The molecule has 0 unspecified atom stereocenters. The molecule has 1 heterocycles. The van der Waals surface area contributed by atoms with Crippen LogP contribution in [0.1, 0.15) is 158 Å². The van der Waals surface area contributed by atoms with Crippen LogP contribution >= 0.6 is 0 Å². The number of likely N-dealkylation sites (N-methyl/N-ethyl adjacent to an activating group) is 1. The quantitative estimate of drug-likeness (QED) is 0.0530. The second-order valence-corrected chi connectivity index (χ2v) is 13.6. The van der Waals surface area contributed by atoms with Gasteiger partial charge in [0.15, 0.2) is 11.6 Å². The van der Waals surface area contributed by atoms with E-state index in [4.69, 9.17) is 9.47 Å². The predicted molar refractivity (Wildman–Crippen MR) is 194 cm³/mol. The van der Waals surface area contributed by atoms with Crippen LogP contribution in [0.3, 0.4) is 0 Å². The smallest absolute Gasteiger partial charge is 0.332 e. The molecule has 0 saturated heterocycles. The second-order valence-electron chi connectivity index (χ2n) is 13.6. The molecule has 266 valence electrons. The standard InChI is InChI=1S/C38H70N4O4/c1-8-11-12-13-14-15-16-17-18-19-20-21-22-23-24-25-30-45-35(44)32-34(33(4)43)42(38(5,6)7)29-26-31-46-37-36(39-27-28-40-37)41(9-2)10-3/h32H,8-31H2,1-7H3/b34-32+. The number of ether oxygens (including phenoxy) is 2. The Bertz CT molecular complexity index is 918. The summed E-state index contributed by atoms with van der Waals surface area (Å²) in [6.07, 6.45) is 22.9. The number of amidine groups is 1. The monoisotopic (exact) mass is 647 g/mol. The Balaban J connectivity index is 2.34. The minimum absolute atomic E-state index is 0.150. The first-order chi connectivity index (χ1) is 22.1. The van der Waals surface area contributed by atoms with Crippen LogP contribution in [0.4, 0.5) is 0 Å². The average Bonchev–Trinajstić information content (AvgIpc) is 3.02. The number of esters is 1. The van der Waals surface area contributed by atoms with Gasteiger partial charge < -0.3 is 19.3 Å². The zero-order valence-corrected chi connectivity index (χ0v) is 31.0. The molecule has 1 rings (SSSR count). The number of hydrogen-bond donors (Lipinski definition) is 0. The molecule has 1 aliphatic heterocycles. The Labute approximate surface area is 282 Å². The van der Waals surface area contributed by atoms with Crippen molar-refractivity contribution in [3.05, 3.63) is 11.8 Å². The van der Waals surface area contributed by atoms with E-state index in [1.807, 2.05) is 25.7 Å². The summed E-state index contributed by atoms with van der Waals surface area (Å²) < 4.78 is 11.6. The molecule has 0 aliphatic carbocycles. The van der Waals surface area contributed by atoms with E-state index in [1.54, 1.807) is 0 Å². The number of allylic oxidation sites excluding steroid dienone is 1. The fraction of sp³-hybridized carbons (Fsp3) is 0.842. The van der Waals surface area contributed by atoms with Crippen LogP contribution < -0.4 is 0 Å². The Kier molecular flexibility index (Phi) is 23.2. The number of unbranched alkanes of at least 4 members (excludes halogenated alkanes) is 15. The number of hydrogen-bond acceptors (Lipinski definition) is 8. The lowest BCUT2D eigenvalue weighted by atomic mass is 10.0. The summed E-state index contributed by atoms with van der Waals surface area (Å²) in [6.45, 7) is 18.5. The molecule has 0 saturated carbocycles. The van der Waals surface area contributed by atoms with E-state index in [0.717, 1.165) is 31.8 Å². The van der Waals surface area contributed by atoms with Gasteiger partial charge in [-0.3, -0.25) is 9.79 Å². The number of ketones is 1. The SMILES string of the molecule is CCCCCCCCCCCCCCCCCCOC(=O)/C=C(\C(C)=O)N(CCCOC1=NCCN=C1N(CC)CC)C(C)(C)C. The fourth-order valence-corrected chi connectivity index (χ4v) is 5.87. The van der Waals surface area contributed by atoms with Crippen LogP contribution in [0, 0.1) is 0 Å². The van der Waals surface area contributed by atoms with Crippen LogP contribution in [-0.2, 0) is 19.1 Å². The molecule has 8 nitrogen and oxygen atoms in total. The minimum Gasteiger partial charge on any atom is -0.475 e. The topological polar surface area (TPSA) is 83.8 Å². The number of Topliss-reactive ketones (excluding diaryl/α,β-unsaturated/α-hetero) is 1. The number of carbonyl (C=O) groups excluding carboxylic acids is 2. The number of nitrogens with zero attached hydrogens (tertiary/aromatic N) is 4. The first kappa shape index (κ1) is 41.6. The van der Waals surface area contributed by atoms with Crippen LogP contribution in [0.5, 0.6) is 0 Å². The van der Waals surface area contributed by atoms with Crippen LogP contribution in [-0.4, -0.2) is 84.8 Å². The largest absolute Gasteiger partial charge is 0.475 e. The predicted octanol–water partition coefficient (Wildman–Crippen LogP) is 8.92. The van der Waals surface area contributed by atoms with Crippen molar-refractivity contribution < 1.29 is 19.1 Å². The van der Waals surface area contributed by atoms with Crippen LogP contribution in [0.25, 0.3) is 0 Å². The molecule has 0 atom stereocenters. The number of rotatable bonds is 26. The third-order valence-corrected chi connectivity index (χ3v) is 8.59. The van der Waals surface area contributed by atoms with Crippen molar-refractivity contribution in [2.45, 2.75) is 163 Å². The van der Waals surface area contributed by atoms with Gasteiger partial charge in [0.1, 0.15) is 0 Å². The Hall–Kier alpha value is -2.38. The van der Waals surface area contributed by atoms with Crippen molar-refractivity contribution in [2.75, 3.05) is 45.9 Å². The number of carbonyl (C=O) groups is 2. The van der Waals surface area contributed by atoms with Gasteiger partial charge in [0, 0.05) is 32.1 Å². The van der Waals surface area contributed by atoms with Crippen LogP contribution in [0.2, 0.25) is 0 Å². The van der Waals surface area contributed by atoms with Gasteiger partial charge in [0.25, 0.3) is 5.90 Å². The highest BCUT2D eigenvalue weighted by atomic mass is 16.5. The molecule has 0 aromatic rings. The molecule has 0 amide bonds. The van der Waals surface area contributed by atoms with E-state index >= 15 is 0 Å². The van der Waals surface area contributed by atoms with E-state index in [-0.39, 0.29) is 11.3 Å². The van der Waals surface area contributed by atoms with Crippen molar-refractivity contribution in [3.63, 3.8) is 0 Å². The molecule has 0 radical (unpaired) electrons. The van der Waals surface area contributed by atoms with E-state index in [9.17, 15) is 9.59 Å². The lowest BCUT2D eigenvalue weighted by Gasteiger charge is -2.38. The molecule has 0 fully saturated rings. The molecule has 0 aromatic heterocycles. The Morgan fingerprint density at radius 2 is 1.22 bits per heavy atom. The third-order valence-electron chi connectivity index (χ3n) is 8.59. The van der Waals surface area contributed by atoms with Crippen molar-refractivity contribution >= 4 is 23.5 Å². The van der Waals surface area contributed by atoms with Gasteiger partial charge in [-0.15, -0.1) is 0 Å². The second kappa shape index (κ2) is 25.7. The Morgan fingerprint density at radius 3 is 1.70 bits per heavy atom. The van der Waals surface area contributed by atoms with Gasteiger partial charge in [0.05, 0.1) is 38.1 Å². The van der Waals surface area contributed by atoms with Crippen molar-refractivity contribution in [3.8, 4) is 0 Å². The molecule has 0 N–H and O–H groups in total. The highest BCUT2D eigenvalue weighted by Gasteiger charge is 2.27. The first-order valence-electron chi connectivity index (χ1n) is 18.8. The van der Waals surface area contributed by atoms with Gasteiger partial charge in [-0.1, -0.05) is 103 Å². The molecular weight excluding hydrogens is 576 g/mol. The first-order valence-corrected chi connectivity index (χ1v) is 18.8. The lowest BCUT2D eigenvalue weighted by Crippen LogP contribution is -2.44. The van der Waals surface area contributed by atoms with E-state index in [0.29, 0.717) is 50.9 Å². The van der Waals surface area contributed by atoms with Crippen LogP contribution in [0.15, 0.2) is 21.8 Å². The summed E-state index contributed by atoms with van der Waals surface area (Å²) in [5.41, 5.74) is 0.0203. The highest BCUT2D eigenvalue weighted by molar-refractivity contribution is 6.38. The molecule has 0 aromatic carbocycles. The van der Waals surface area contributed by atoms with Crippen molar-refractivity contribution in [1.82, 2.24) is 9.80 Å². The third kappa shape index (κ3) is 18.7. The van der Waals surface area contributed by atoms with Gasteiger partial charge in [0.2, 0.25) is 0 Å². The normalized spacial score (nSPS) is 13.7. The summed E-state index contributed by atoms with van der Waals surface area (Å²) in [4.78, 5) is 38.7. The maximum Gasteiger partial charge on any atom is 0.332 e. The fourth-order valence-electron chi connectivity index (χ4n) is 5.87. The van der Waals surface area contributed by atoms with Crippen molar-refractivity contribution in [2.24, 2.45) is 9.98 Å². The zero-order chi connectivity index (χ0) is 34.0. The van der Waals surface area contributed by atoms with Gasteiger partial charge in [-0.2, -0.15) is 0 Å². The summed E-state index contributed by atoms with van der Waals surface area (Å²) in [6, 6.07) is 0. The van der Waals surface area contributed by atoms with Gasteiger partial charge in [-0.05, 0) is 47.5 Å². The molecule has 46 heavy (non-hydrogen) atoms. The maximum atomic E-state index is 12.7. The Morgan fingerprint density at radius 1 is 0.717 bits per heavy atom. The van der Waals surface area contributed by atoms with Gasteiger partial charge >= 0.3 is 5.97 Å². The molecule has 0 bridgehead atoms. The van der Waals surface area contributed by atoms with Gasteiger partial charge in [-0.25, -0.2) is 9.79 Å². The van der Waals surface area contributed by atoms with Crippen molar-refractivity contribution in [1.29, 1.82) is 0 Å². The van der Waals surface area contributed by atoms with E-state index in [2.05, 4.69) is 35.7 Å². The van der Waals surface area contributed by atoms with E-state index < -0.39 is 5.97 Å². The highest BCUT2D eigenvalue weighted by Crippen LogP contribution is 2.21. The summed E-state index contributed by atoms with van der Waals surface area (Å²) in [5.74, 6) is 0.814. The molecular formula is C38H70N4O4. The maximum absolute atomic E-state index is 12.7. The summed E-state index contributed by atoms with van der Waals surface area (Å²) in [7, 11) is 0. The molecule has 0 spiro atoms. The minimum atomic E-state index is -0.451. The zero-order valence-electron chi connectivity index (χ0n) is 31.0. The molecule has 1 aliphatic rings. The average molecular weight is 647 g/mol. The van der Waals surface area contributed by atoms with E-state index in [1.165, 1.54) is 103 Å². The number of aliphatic imine (C=N–C) groups is 2. The summed E-state index contributed by atoms with van der Waals surface area (Å²) in [5, 5.41) is 0. The summed E-state index contributed by atoms with van der Waals surface area (Å²) >= 11 is 0.